The number of pyridine rings is 1. The fourth-order valence-electron chi connectivity index (χ4n) is 2.65. The first-order valence-electron chi connectivity index (χ1n) is 8.03. The molecular weight excluding hydrogens is 348 g/mol. The van der Waals surface area contributed by atoms with Crippen molar-refractivity contribution in [3.63, 3.8) is 0 Å². The number of rotatable bonds is 4. The van der Waals surface area contributed by atoms with E-state index < -0.39 is 0 Å². The molecule has 0 unspecified atom stereocenters. The fourth-order valence-corrected chi connectivity index (χ4v) is 3.64. The molecule has 0 atom stereocenters. The molecule has 0 bridgehead atoms. The summed E-state index contributed by atoms with van der Waals surface area (Å²) in [5.41, 5.74) is 2.00. The standard InChI is InChI=1S/C19H16N4O2S/c1-11-22-8-15(23-11)12-3-5-13(6-4-12)25-16-9-21-10-18-14(16)7-17(26-18)19(24)20-2/h3-10H,1-2H3,(H,20,24)(H,22,23). The Bertz CT molecular complexity index is 1080. The van der Waals surface area contributed by atoms with Crippen molar-refractivity contribution >= 4 is 27.3 Å². The van der Waals surface area contributed by atoms with E-state index >= 15 is 0 Å². The number of aromatic nitrogens is 3. The van der Waals surface area contributed by atoms with E-state index in [1.54, 1.807) is 19.4 Å². The Morgan fingerprint density at radius 1 is 1.19 bits per heavy atom. The van der Waals surface area contributed by atoms with Crippen molar-refractivity contribution in [2.24, 2.45) is 0 Å². The van der Waals surface area contributed by atoms with Crippen LogP contribution in [0.2, 0.25) is 0 Å². The van der Waals surface area contributed by atoms with Gasteiger partial charge in [-0.3, -0.25) is 9.78 Å². The van der Waals surface area contributed by atoms with Gasteiger partial charge >= 0.3 is 0 Å². The molecule has 0 aliphatic carbocycles. The first-order chi connectivity index (χ1) is 12.6. The number of ether oxygens (including phenoxy) is 1. The number of hydrogen-bond donors (Lipinski definition) is 2. The summed E-state index contributed by atoms with van der Waals surface area (Å²) in [6.07, 6.45) is 5.21. The molecule has 1 amide bonds. The van der Waals surface area contributed by atoms with E-state index in [9.17, 15) is 4.79 Å². The van der Waals surface area contributed by atoms with Crippen LogP contribution in [0.1, 0.15) is 15.5 Å². The average molecular weight is 364 g/mol. The summed E-state index contributed by atoms with van der Waals surface area (Å²) in [6, 6.07) is 9.57. The molecule has 0 saturated carbocycles. The molecule has 2 N–H and O–H groups in total. The summed E-state index contributed by atoms with van der Waals surface area (Å²) in [5.74, 6) is 2.09. The van der Waals surface area contributed by atoms with E-state index in [0.29, 0.717) is 16.4 Å². The number of fused-ring (bicyclic) bond motifs is 1. The molecule has 130 valence electrons. The summed E-state index contributed by atoms with van der Waals surface area (Å²) >= 11 is 1.39. The lowest BCUT2D eigenvalue weighted by Gasteiger charge is -2.07. The summed E-state index contributed by atoms with van der Waals surface area (Å²) in [5, 5.41) is 3.51. The highest BCUT2D eigenvalue weighted by Gasteiger charge is 2.13. The van der Waals surface area contributed by atoms with Gasteiger partial charge < -0.3 is 15.0 Å². The lowest BCUT2D eigenvalue weighted by Crippen LogP contribution is -2.15. The lowest BCUT2D eigenvalue weighted by atomic mass is 10.1. The molecule has 26 heavy (non-hydrogen) atoms. The van der Waals surface area contributed by atoms with Gasteiger partial charge in [0.2, 0.25) is 0 Å². The first-order valence-corrected chi connectivity index (χ1v) is 8.85. The van der Waals surface area contributed by atoms with Gasteiger partial charge in [0.05, 0.1) is 27.7 Å². The zero-order valence-electron chi connectivity index (χ0n) is 14.2. The molecule has 1 aromatic carbocycles. The van der Waals surface area contributed by atoms with Crippen molar-refractivity contribution < 1.29 is 9.53 Å². The minimum Gasteiger partial charge on any atom is -0.455 e. The SMILES string of the molecule is CNC(=O)c1cc2c(Oc3ccc(-c4cnc(C)[nH]4)cc3)cncc2s1. The van der Waals surface area contributed by atoms with Crippen LogP contribution >= 0.6 is 11.3 Å². The van der Waals surface area contributed by atoms with Gasteiger partial charge in [-0.05, 0) is 42.8 Å². The second-order valence-electron chi connectivity index (χ2n) is 5.75. The number of carbonyl (C=O) groups is 1. The molecule has 6 nitrogen and oxygen atoms in total. The molecule has 3 heterocycles. The number of nitrogens with zero attached hydrogens (tertiary/aromatic N) is 2. The monoisotopic (exact) mass is 364 g/mol. The Morgan fingerprint density at radius 2 is 2.00 bits per heavy atom. The summed E-state index contributed by atoms with van der Waals surface area (Å²) in [7, 11) is 1.62. The molecular formula is C19H16N4O2S. The van der Waals surface area contributed by atoms with Crippen LogP contribution in [-0.4, -0.2) is 27.9 Å². The van der Waals surface area contributed by atoms with Crippen molar-refractivity contribution in [1.29, 1.82) is 0 Å². The van der Waals surface area contributed by atoms with Gasteiger partial charge in [0.1, 0.15) is 11.6 Å². The van der Waals surface area contributed by atoms with Gasteiger partial charge in [0.15, 0.2) is 5.75 Å². The molecule has 4 aromatic rings. The smallest absolute Gasteiger partial charge is 0.261 e. The van der Waals surface area contributed by atoms with Crippen molar-refractivity contribution in [3.8, 4) is 22.8 Å². The van der Waals surface area contributed by atoms with Crippen LogP contribution in [0.5, 0.6) is 11.5 Å². The number of imidazole rings is 1. The summed E-state index contributed by atoms with van der Waals surface area (Å²) < 4.78 is 6.91. The van der Waals surface area contributed by atoms with Crippen LogP contribution in [0, 0.1) is 6.92 Å². The molecule has 0 aliphatic rings. The average Bonchev–Trinajstić information content (AvgIpc) is 3.28. The Morgan fingerprint density at radius 3 is 2.69 bits per heavy atom. The number of H-pyrrole nitrogens is 1. The van der Waals surface area contributed by atoms with Crippen LogP contribution in [0.25, 0.3) is 21.3 Å². The topological polar surface area (TPSA) is 79.9 Å². The lowest BCUT2D eigenvalue weighted by molar-refractivity contribution is 0.0967. The van der Waals surface area contributed by atoms with Gasteiger partial charge in [-0.25, -0.2) is 4.98 Å². The number of aromatic amines is 1. The predicted molar refractivity (Wildman–Crippen MR) is 102 cm³/mol. The minimum absolute atomic E-state index is 0.114. The van der Waals surface area contributed by atoms with Gasteiger partial charge in [0, 0.05) is 18.6 Å². The van der Waals surface area contributed by atoms with Crippen LogP contribution in [0.3, 0.4) is 0 Å². The van der Waals surface area contributed by atoms with Gasteiger partial charge in [-0.2, -0.15) is 0 Å². The molecule has 0 saturated heterocycles. The van der Waals surface area contributed by atoms with Crippen LogP contribution < -0.4 is 10.1 Å². The van der Waals surface area contributed by atoms with Crippen molar-refractivity contribution in [1.82, 2.24) is 20.3 Å². The maximum Gasteiger partial charge on any atom is 0.261 e. The zero-order valence-corrected chi connectivity index (χ0v) is 15.1. The Hall–Kier alpha value is -3.19. The van der Waals surface area contributed by atoms with Crippen LogP contribution in [0.15, 0.2) is 48.9 Å². The third kappa shape index (κ3) is 3.04. The van der Waals surface area contributed by atoms with E-state index in [4.69, 9.17) is 4.74 Å². The zero-order chi connectivity index (χ0) is 18.1. The number of carbonyl (C=O) groups excluding carboxylic acids is 1. The highest BCUT2D eigenvalue weighted by atomic mass is 32.1. The quantitative estimate of drug-likeness (QED) is 0.570. The Kier molecular flexibility index (Phi) is 4.14. The van der Waals surface area contributed by atoms with Gasteiger partial charge in [-0.1, -0.05) is 0 Å². The highest BCUT2D eigenvalue weighted by molar-refractivity contribution is 7.20. The van der Waals surface area contributed by atoms with Crippen molar-refractivity contribution in [2.45, 2.75) is 6.92 Å². The van der Waals surface area contributed by atoms with E-state index in [1.807, 2.05) is 43.5 Å². The summed E-state index contributed by atoms with van der Waals surface area (Å²) in [4.78, 5) is 24.1. The van der Waals surface area contributed by atoms with Gasteiger partial charge in [-0.15, -0.1) is 11.3 Å². The first kappa shape index (κ1) is 16.3. The number of aryl methyl sites for hydroxylation is 1. The molecule has 0 aliphatic heterocycles. The molecule has 3 aromatic heterocycles. The largest absolute Gasteiger partial charge is 0.455 e. The van der Waals surface area contributed by atoms with Crippen LogP contribution in [0.4, 0.5) is 0 Å². The second kappa shape index (κ2) is 6.61. The summed E-state index contributed by atoms with van der Waals surface area (Å²) in [6.45, 7) is 1.92. The highest BCUT2D eigenvalue weighted by Crippen LogP contribution is 2.34. The van der Waals surface area contributed by atoms with Crippen molar-refractivity contribution in [3.05, 3.63) is 59.6 Å². The minimum atomic E-state index is -0.114. The number of nitrogens with one attached hydrogen (secondary N) is 2. The molecule has 4 rings (SSSR count). The molecule has 0 spiro atoms. The molecule has 7 heteroatoms. The fraction of sp³-hybridized carbons (Fsp3) is 0.105. The van der Waals surface area contributed by atoms with Crippen molar-refractivity contribution in [2.75, 3.05) is 7.05 Å². The Labute approximate surface area is 153 Å². The van der Waals surface area contributed by atoms with E-state index in [-0.39, 0.29) is 5.91 Å². The third-order valence-corrected chi connectivity index (χ3v) is 5.03. The maximum absolute atomic E-state index is 11.9. The van der Waals surface area contributed by atoms with E-state index in [2.05, 4.69) is 20.3 Å². The number of amides is 1. The molecule has 0 radical (unpaired) electrons. The number of hydrogen-bond acceptors (Lipinski definition) is 5. The normalized spacial score (nSPS) is 10.8. The number of benzene rings is 1. The number of thiophene rings is 1. The predicted octanol–water partition coefficient (Wildman–Crippen LogP) is 4.15. The van der Waals surface area contributed by atoms with E-state index in [0.717, 1.165) is 27.2 Å². The third-order valence-electron chi connectivity index (χ3n) is 3.96. The maximum atomic E-state index is 11.9. The second-order valence-corrected chi connectivity index (χ2v) is 6.83. The van der Waals surface area contributed by atoms with Gasteiger partial charge in [0.25, 0.3) is 5.91 Å². The van der Waals surface area contributed by atoms with E-state index in [1.165, 1.54) is 11.3 Å². The molecule has 0 fully saturated rings. The Balaban J connectivity index is 1.62. The van der Waals surface area contributed by atoms with Crippen LogP contribution in [-0.2, 0) is 0 Å².